The number of hydrogen-bond donors (Lipinski definition) is 0. The fraction of sp³-hybridized carbons (Fsp3) is 0.167. The summed E-state index contributed by atoms with van der Waals surface area (Å²) in [5.74, 6) is 0.367. The minimum absolute atomic E-state index is 0.309. The Kier molecular flexibility index (Phi) is 3.83. The molecule has 0 radical (unpaired) electrons. The summed E-state index contributed by atoms with van der Waals surface area (Å²) in [5.41, 5.74) is 3.24. The van der Waals surface area contributed by atoms with Crippen LogP contribution >= 0.6 is 0 Å². The molecule has 22 heavy (non-hydrogen) atoms. The van der Waals surface area contributed by atoms with E-state index < -0.39 is 5.97 Å². The predicted molar refractivity (Wildman–Crippen MR) is 85.4 cm³/mol. The van der Waals surface area contributed by atoms with E-state index in [1.807, 2.05) is 12.1 Å². The van der Waals surface area contributed by atoms with E-state index in [1.54, 1.807) is 30.6 Å². The molecule has 4 heteroatoms. The smallest absolute Gasteiger partial charge is 0.363 e. The largest absolute Gasteiger partial charge is 0.402 e. The van der Waals surface area contributed by atoms with Crippen molar-refractivity contribution in [2.75, 3.05) is 0 Å². The highest BCUT2D eigenvalue weighted by molar-refractivity contribution is 6.12. The fourth-order valence-corrected chi connectivity index (χ4v) is 2.16. The number of aliphatic imine (C=N–C) groups is 1. The van der Waals surface area contributed by atoms with Gasteiger partial charge in [-0.2, -0.15) is 0 Å². The number of benzene rings is 1. The molecule has 0 aliphatic carbocycles. The first kappa shape index (κ1) is 14.2. The summed E-state index contributed by atoms with van der Waals surface area (Å²) >= 11 is 0. The van der Waals surface area contributed by atoms with Crippen LogP contribution in [0.1, 0.15) is 36.5 Å². The second-order valence-electron chi connectivity index (χ2n) is 5.39. The minimum atomic E-state index is -0.431. The van der Waals surface area contributed by atoms with Crippen LogP contribution in [0.5, 0.6) is 0 Å². The van der Waals surface area contributed by atoms with Gasteiger partial charge in [-0.25, -0.2) is 9.79 Å². The van der Waals surface area contributed by atoms with E-state index in [0.717, 1.165) is 11.1 Å². The topological polar surface area (TPSA) is 51.6 Å². The predicted octanol–water partition coefficient (Wildman–Crippen LogP) is 3.55. The lowest BCUT2D eigenvalue weighted by Crippen LogP contribution is -2.05. The first-order chi connectivity index (χ1) is 10.6. The number of carbonyl (C=O) groups is 1. The molecule has 0 unspecified atom stereocenters. The second-order valence-corrected chi connectivity index (χ2v) is 5.39. The van der Waals surface area contributed by atoms with Crippen molar-refractivity contribution in [3.05, 3.63) is 71.2 Å². The van der Waals surface area contributed by atoms with Crippen LogP contribution in [0.3, 0.4) is 0 Å². The quantitative estimate of drug-likeness (QED) is 0.642. The zero-order valence-corrected chi connectivity index (χ0v) is 12.5. The lowest BCUT2D eigenvalue weighted by molar-refractivity contribution is -0.129. The highest BCUT2D eigenvalue weighted by atomic mass is 16.6. The molecule has 110 valence electrons. The van der Waals surface area contributed by atoms with Gasteiger partial charge < -0.3 is 4.74 Å². The minimum Gasteiger partial charge on any atom is -0.402 e. The molecular weight excluding hydrogens is 276 g/mol. The average Bonchev–Trinajstić information content (AvgIpc) is 2.90. The Hall–Kier alpha value is -2.75. The third-order valence-electron chi connectivity index (χ3n) is 3.45. The molecule has 0 saturated heterocycles. The molecule has 2 aromatic rings. The molecule has 2 heterocycles. The van der Waals surface area contributed by atoms with E-state index in [-0.39, 0.29) is 0 Å². The molecule has 1 aliphatic heterocycles. The summed E-state index contributed by atoms with van der Waals surface area (Å²) in [6.45, 7) is 4.29. The lowest BCUT2D eigenvalue weighted by atomic mass is 10.0. The van der Waals surface area contributed by atoms with Crippen LogP contribution in [-0.4, -0.2) is 16.9 Å². The van der Waals surface area contributed by atoms with Gasteiger partial charge in [0.15, 0.2) is 5.70 Å². The number of hydrogen-bond acceptors (Lipinski definition) is 4. The lowest BCUT2D eigenvalue weighted by Gasteiger charge is -2.04. The normalized spacial score (nSPS) is 16.0. The number of carbonyl (C=O) groups excluding carboxylic acids is 1. The summed E-state index contributed by atoms with van der Waals surface area (Å²) in [6.07, 6.45) is 5.01. The van der Waals surface area contributed by atoms with Crippen molar-refractivity contribution in [1.29, 1.82) is 0 Å². The highest BCUT2D eigenvalue weighted by Gasteiger charge is 2.23. The Morgan fingerprint density at radius 3 is 2.36 bits per heavy atom. The Bertz CT molecular complexity index is 744. The Balaban J connectivity index is 1.87. The van der Waals surface area contributed by atoms with Crippen LogP contribution in [-0.2, 0) is 9.53 Å². The van der Waals surface area contributed by atoms with Gasteiger partial charge in [0.2, 0.25) is 5.90 Å². The third-order valence-corrected chi connectivity index (χ3v) is 3.45. The standard InChI is InChI=1S/C18H16N2O2/c1-12(2)14-5-3-13(4-6-14)11-16-18(21)22-17(20-16)15-7-9-19-10-8-15/h3-12H,1-2H3/b16-11+. The van der Waals surface area contributed by atoms with Gasteiger partial charge in [-0.15, -0.1) is 0 Å². The van der Waals surface area contributed by atoms with Gasteiger partial charge >= 0.3 is 5.97 Å². The van der Waals surface area contributed by atoms with E-state index in [1.165, 1.54) is 5.56 Å². The van der Waals surface area contributed by atoms with Gasteiger partial charge in [-0.3, -0.25) is 4.98 Å². The number of aromatic nitrogens is 1. The van der Waals surface area contributed by atoms with E-state index in [0.29, 0.717) is 17.5 Å². The first-order valence-electron chi connectivity index (χ1n) is 7.16. The van der Waals surface area contributed by atoms with Crippen molar-refractivity contribution < 1.29 is 9.53 Å². The van der Waals surface area contributed by atoms with Crippen molar-refractivity contribution in [3.63, 3.8) is 0 Å². The molecule has 0 bridgehead atoms. The number of ether oxygens (including phenoxy) is 1. The monoisotopic (exact) mass is 292 g/mol. The van der Waals surface area contributed by atoms with Crippen molar-refractivity contribution >= 4 is 17.9 Å². The Labute approximate surface area is 129 Å². The van der Waals surface area contributed by atoms with Crippen molar-refractivity contribution in [2.45, 2.75) is 19.8 Å². The zero-order valence-electron chi connectivity index (χ0n) is 12.5. The summed E-state index contributed by atoms with van der Waals surface area (Å²) < 4.78 is 5.21. The van der Waals surface area contributed by atoms with Crippen LogP contribution in [0.2, 0.25) is 0 Å². The summed E-state index contributed by atoms with van der Waals surface area (Å²) in [7, 11) is 0. The molecule has 3 rings (SSSR count). The molecule has 0 amide bonds. The number of cyclic esters (lactones) is 1. The van der Waals surface area contributed by atoms with Gasteiger partial charge in [-0.05, 0) is 35.3 Å². The van der Waals surface area contributed by atoms with Gasteiger partial charge in [-0.1, -0.05) is 38.1 Å². The van der Waals surface area contributed by atoms with Gasteiger partial charge in [0.05, 0.1) is 0 Å². The van der Waals surface area contributed by atoms with Crippen LogP contribution in [0.25, 0.3) is 6.08 Å². The molecular formula is C18H16N2O2. The highest BCUT2D eigenvalue weighted by Crippen LogP contribution is 2.20. The molecule has 1 aliphatic rings. The van der Waals surface area contributed by atoms with Crippen LogP contribution in [0.4, 0.5) is 0 Å². The SMILES string of the molecule is CC(C)c1ccc(/C=C2/N=C(c3ccncc3)OC2=O)cc1. The maximum Gasteiger partial charge on any atom is 0.363 e. The van der Waals surface area contributed by atoms with Gasteiger partial charge in [0.1, 0.15) is 0 Å². The number of pyridine rings is 1. The number of esters is 1. The van der Waals surface area contributed by atoms with Crippen molar-refractivity contribution in [1.82, 2.24) is 4.98 Å². The number of nitrogens with zero attached hydrogens (tertiary/aromatic N) is 2. The maximum atomic E-state index is 11.9. The van der Waals surface area contributed by atoms with E-state index in [4.69, 9.17) is 4.74 Å². The van der Waals surface area contributed by atoms with Crippen LogP contribution < -0.4 is 0 Å². The molecule has 0 spiro atoms. The maximum absolute atomic E-state index is 11.9. The summed E-state index contributed by atoms with van der Waals surface area (Å²) in [5, 5.41) is 0. The van der Waals surface area contributed by atoms with E-state index in [9.17, 15) is 4.79 Å². The van der Waals surface area contributed by atoms with E-state index in [2.05, 4.69) is 36.0 Å². The molecule has 4 nitrogen and oxygen atoms in total. The molecule has 0 atom stereocenters. The zero-order chi connectivity index (χ0) is 15.5. The summed E-state index contributed by atoms with van der Waals surface area (Å²) in [4.78, 5) is 20.1. The fourth-order valence-electron chi connectivity index (χ4n) is 2.16. The Morgan fingerprint density at radius 2 is 1.73 bits per heavy atom. The second kappa shape index (κ2) is 5.93. The van der Waals surface area contributed by atoms with Crippen molar-refractivity contribution in [3.8, 4) is 0 Å². The molecule has 0 N–H and O–H groups in total. The van der Waals surface area contributed by atoms with Gasteiger partial charge in [0, 0.05) is 18.0 Å². The molecule has 0 saturated carbocycles. The molecule has 1 aromatic carbocycles. The average molecular weight is 292 g/mol. The number of rotatable bonds is 3. The third kappa shape index (κ3) is 2.96. The van der Waals surface area contributed by atoms with Crippen molar-refractivity contribution in [2.24, 2.45) is 4.99 Å². The molecule has 0 fully saturated rings. The van der Waals surface area contributed by atoms with Crippen LogP contribution in [0, 0.1) is 0 Å². The van der Waals surface area contributed by atoms with E-state index >= 15 is 0 Å². The Morgan fingerprint density at radius 1 is 1.05 bits per heavy atom. The van der Waals surface area contributed by atoms with Crippen LogP contribution in [0.15, 0.2) is 59.5 Å². The van der Waals surface area contributed by atoms with Gasteiger partial charge in [0.25, 0.3) is 0 Å². The molecule has 1 aromatic heterocycles. The summed E-state index contributed by atoms with van der Waals surface area (Å²) in [6, 6.07) is 11.6. The first-order valence-corrected chi connectivity index (χ1v) is 7.16.